The topological polar surface area (TPSA) is 34.1 Å². The molecule has 0 unspecified atom stereocenters. The van der Waals surface area contributed by atoms with Crippen LogP contribution in [0.4, 0.5) is 0 Å². The molecule has 0 fully saturated rings. The van der Waals surface area contributed by atoms with Gasteiger partial charge in [-0.1, -0.05) is 36.4 Å². The number of rotatable bonds is 9. The zero-order valence-electron chi connectivity index (χ0n) is 11.8. The summed E-state index contributed by atoms with van der Waals surface area (Å²) in [5.74, 6) is 0. The Bertz CT molecular complexity index is 413. The van der Waals surface area contributed by atoms with E-state index in [4.69, 9.17) is 4.74 Å². The van der Waals surface area contributed by atoms with Crippen LogP contribution in [0.25, 0.3) is 0 Å². The number of nitrogens with one attached hydrogen (secondary N) is 1. The van der Waals surface area contributed by atoms with Gasteiger partial charge in [0.1, 0.15) is 0 Å². The number of hydrogen-bond acceptors (Lipinski definition) is 3. The Balaban J connectivity index is 1.44. The number of benzene rings is 1. The van der Waals surface area contributed by atoms with Crippen LogP contribution >= 0.6 is 0 Å². The lowest BCUT2D eigenvalue weighted by molar-refractivity contribution is 0.134. The second-order valence-electron chi connectivity index (χ2n) is 4.74. The van der Waals surface area contributed by atoms with Gasteiger partial charge in [0.25, 0.3) is 0 Å². The molecule has 1 aromatic heterocycles. The van der Waals surface area contributed by atoms with Crippen LogP contribution in [-0.2, 0) is 17.7 Å². The van der Waals surface area contributed by atoms with E-state index in [1.54, 1.807) is 6.20 Å². The number of pyridine rings is 1. The van der Waals surface area contributed by atoms with Crippen LogP contribution in [-0.4, -0.2) is 24.7 Å². The molecule has 0 bridgehead atoms. The first-order valence-electron chi connectivity index (χ1n) is 7.16. The molecule has 1 heterocycles. The number of nitrogens with zero attached hydrogens (tertiary/aromatic N) is 1. The molecule has 0 spiro atoms. The van der Waals surface area contributed by atoms with Crippen molar-refractivity contribution in [1.29, 1.82) is 0 Å². The van der Waals surface area contributed by atoms with E-state index >= 15 is 0 Å². The summed E-state index contributed by atoms with van der Waals surface area (Å²) in [4.78, 5) is 4.09. The molecule has 0 aliphatic carbocycles. The molecular weight excluding hydrogens is 248 g/mol. The monoisotopic (exact) mass is 270 g/mol. The molecule has 0 radical (unpaired) electrons. The second-order valence-corrected chi connectivity index (χ2v) is 4.74. The predicted octanol–water partition coefficient (Wildman–Crippen LogP) is 2.82. The maximum atomic E-state index is 5.62. The molecule has 20 heavy (non-hydrogen) atoms. The quantitative estimate of drug-likeness (QED) is 0.711. The van der Waals surface area contributed by atoms with E-state index in [0.717, 1.165) is 39.1 Å². The Hall–Kier alpha value is -1.71. The van der Waals surface area contributed by atoms with Crippen molar-refractivity contribution in [3.05, 3.63) is 66.0 Å². The van der Waals surface area contributed by atoms with Gasteiger partial charge < -0.3 is 10.1 Å². The lowest BCUT2D eigenvalue weighted by atomic mass is 10.2. The highest BCUT2D eigenvalue weighted by Crippen LogP contribution is 1.98. The Kier molecular flexibility index (Phi) is 6.78. The third kappa shape index (κ3) is 5.95. The van der Waals surface area contributed by atoms with E-state index in [1.165, 1.54) is 11.1 Å². The normalized spacial score (nSPS) is 10.6. The van der Waals surface area contributed by atoms with Gasteiger partial charge >= 0.3 is 0 Å². The SMILES string of the molecule is c1ccc(CNCCCOCCc2cccnc2)cc1. The second kappa shape index (κ2) is 9.23. The van der Waals surface area contributed by atoms with Crippen molar-refractivity contribution in [2.24, 2.45) is 0 Å². The predicted molar refractivity (Wildman–Crippen MR) is 81.5 cm³/mol. The van der Waals surface area contributed by atoms with Gasteiger partial charge in [-0.15, -0.1) is 0 Å². The molecule has 0 atom stereocenters. The van der Waals surface area contributed by atoms with Crippen LogP contribution in [0, 0.1) is 0 Å². The Labute approximate surface area is 121 Å². The third-order valence-corrected chi connectivity index (χ3v) is 3.07. The van der Waals surface area contributed by atoms with Crippen LogP contribution in [0.1, 0.15) is 17.5 Å². The minimum atomic E-state index is 0.768. The average Bonchev–Trinajstić information content (AvgIpc) is 2.52. The van der Waals surface area contributed by atoms with Crippen molar-refractivity contribution in [3.63, 3.8) is 0 Å². The first-order chi connectivity index (χ1) is 9.95. The molecule has 0 aliphatic rings. The van der Waals surface area contributed by atoms with Crippen molar-refractivity contribution in [2.45, 2.75) is 19.4 Å². The van der Waals surface area contributed by atoms with Gasteiger partial charge in [0.05, 0.1) is 6.61 Å². The van der Waals surface area contributed by atoms with Gasteiger partial charge in [-0.25, -0.2) is 0 Å². The van der Waals surface area contributed by atoms with E-state index in [0.29, 0.717) is 0 Å². The standard InChI is InChI=1S/C17H22N2O/c1-2-6-16(7-3-1)14-19-11-5-12-20-13-9-17-8-4-10-18-15-17/h1-4,6-8,10,15,19H,5,9,11-14H2. The summed E-state index contributed by atoms with van der Waals surface area (Å²) < 4.78 is 5.62. The van der Waals surface area contributed by atoms with Crippen LogP contribution < -0.4 is 5.32 Å². The van der Waals surface area contributed by atoms with Crippen molar-refractivity contribution < 1.29 is 4.74 Å². The van der Waals surface area contributed by atoms with Gasteiger partial charge in [0, 0.05) is 25.5 Å². The Morgan fingerprint density at radius 2 is 1.80 bits per heavy atom. The van der Waals surface area contributed by atoms with Gasteiger partial charge in [0.2, 0.25) is 0 Å². The molecule has 3 heteroatoms. The van der Waals surface area contributed by atoms with Crippen molar-refractivity contribution in [1.82, 2.24) is 10.3 Å². The third-order valence-electron chi connectivity index (χ3n) is 3.07. The first-order valence-corrected chi connectivity index (χ1v) is 7.16. The number of hydrogen-bond donors (Lipinski definition) is 1. The molecule has 2 rings (SSSR count). The molecule has 0 saturated heterocycles. The summed E-state index contributed by atoms with van der Waals surface area (Å²) in [6, 6.07) is 14.5. The van der Waals surface area contributed by atoms with Crippen LogP contribution in [0.15, 0.2) is 54.9 Å². The van der Waals surface area contributed by atoms with Crippen LogP contribution in [0.3, 0.4) is 0 Å². The largest absolute Gasteiger partial charge is 0.381 e. The maximum Gasteiger partial charge on any atom is 0.0507 e. The van der Waals surface area contributed by atoms with E-state index in [-0.39, 0.29) is 0 Å². The van der Waals surface area contributed by atoms with Crippen molar-refractivity contribution in [3.8, 4) is 0 Å². The van der Waals surface area contributed by atoms with Crippen molar-refractivity contribution >= 4 is 0 Å². The summed E-state index contributed by atoms with van der Waals surface area (Å²) in [5, 5.41) is 3.42. The summed E-state index contributed by atoms with van der Waals surface area (Å²) in [6.07, 6.45) is 5.67. The van der Waals surface area contributed by atoms with E-state index in [9.17, 15) is 0 Å². The lowest BCUT2D eigenvalue weighted by Crippen LogP contribution is -2.16. The molecule has 0 aliphatic heterocycles. The van der Waals surface area contributed by atoms with Crippen LogP contribution in [0.2, 0.25) is 0 Å². The molecule has 2 aromatic rings. The summed E-state index contributed by atoms with van der Waals surface area (Å²) in [5.41, 5.74) is 2.56. The minimum Gasteiger partial charge on any atom is -0.381 e. The number of aromatic nitrogens is 1. The summed E-state index contributed by atoms with van der Waals surface area (Å²) >= 11 is 0. The smallest absolute Gasteiger partial charge is 0.0507 e. The van der Waals surface area contributed by atoms with Gasteiger partial charge in [-0.05, 0) is 36.6 Å². The fourth-order valence-corrected chi connectivity index (χ4v) is 1.97. The minimum absolute atomic E-state index is 0.768. The van der Waals surface area contributed by atoms with Crippen molar-refractivity contribution in [2.75, 3.05) is 19.8 Å². The fourth-order valence-electron chi connectivity index (χ4n) is 1.97. The average molecular weight is 270 g/mol. The highest BCUT2D eigenvalue weighted by molar-refractivity contribution is 5.14. The molecule has 0 saturated carbocycles. The zero-order valence-corrected chi connectivity index (χ0v) is 11.8. The molecular formula is C17H22N2O. The molecule has 1 aromatic carbocycles. The maximum absolute atomic E-state index is 5.62. The van der Waals surface area contributed by atoms with Crippen LogP contribution in [0.5, 0.6) is 0 Å². The Morgan fingerprint density at radius 3 is 2.60 bits per heavy atom. The number of ether oxygens (including phenoxy) is 1. The molecule has 3 nitrogen and oxygen atoms in total. The van der Waals surface area contributed by atoms with E-state index in [1.807, 2.05) is 18.3 Å². The highest BCUT2D eigenvalue weighted by Gasteiger charge is 1.94. The summed E-state index contributed by atoms with van der Waals surface area (Å²) in [6.45, 7) is 3.49. The van der Waals surface area contributed by atoms with E-state index in [2.05, 4.69) is 40.6 Å². The Morgan fingerprint density at radius 1 is 0.950 bits per heavy atom. The molecule has 106 valence electrons. The molecule has 0 amide bonds. The van der Waals surface area contributed by atoms with Gasteiger partial charge in [-0.3, -0.25) is 4.98 Å². The molecule has 1 N–H and O–H groups in total. The lowest BCUT2D eigenvalue weighted by Gasteiger charge is -2.06. The zero-order chi connectivity index (χ0) is 13.9. The van der Waals surface area contributed by atoms with Gasteiger partial charge in [0.15, 0.2) is 0 Å². The fraction of sp³-hybridized carbons (Fsp3) is 0.353. The highest BCUT2D eigenvalue weighted by atomic mass is 16.5. The first kappa shape index (κ1) is 14.7. The van der Waals surface area contributed by atoms with Gasteiger partial charge in [-0.2, -0.15) is 0 Å². The van der Waals surface area contributed by atoms with E-state index < -0.39 is 0 Å². The summed E-state index contributed by atoms with van der Waals surface area (Å²) in [7, 11) is 0.